The van der Waals surface area contributed by atoms with Crippen molar-refractivity contribution in [1.82, 2.24) is 9.55 Å². The molecule has 3 aliphatic rings. The number of aromatic nitrogens is 2. The van der Waals surface area contributed by atoms with Gasteiger partial charge in [0.15, 0.2) is 0 Å². The van der Waals surface area contributed by atoms with Crippen LogP contribution in [0, 0.1) is 0 Å². The number of benzene rings is 1. The van der Waals surface area contributed by atoms with Crippen LogP contribution in [0.1, 0.15) is 18.3 Å². The number of hydrogen-bond acceptors (Lipinski definition) is 5. The van der Waals surface area contributed by atoms with Crippen LogP contribution in [0.15, 0.2) is 24.3 Å². The summed E-state index contributed by atoms with van der Waals surface area (Å²) in [6, 6.07) is 7.98. The average molecular weight is 274 g/mol. The third-order valence-corrected chi connectivity index (χ3v) is 4.46. The number of fused-ring (bicyclic) bond motifs is 10. The first-order valence-electron chi connectivity index (χ1n) is 6.84. The zero-order valence-electron chi connectivity index (χ0n) is 10.7. The molecule has 4 bridgehead atoms. The highest BCUT2D eigenvalue weighted by Gasteiger charge is 2.56. The largest absolute Gasteiger partial charge is 0.361 e. The number of aliphatic hydroxyl groups is 1. The lowest BCUT2D eigenvalue weighted by Crippen LogP contribution is -2.50. The Morgan fingerprint density at radius 1 is 1.35 bits per heavy atom. The van der Waals surface area contributed by atoms with E-state index in [4.69, 9.17) is 14.2 Å². The SMILES string of the molecule is O[C@@]12C[C@@H]([C@H]3CO[C@H]1O3)n1c(nc3ccccc31)CO2. The number of rotatable bonds is 0. The molecule has 2 saturated heterocycles. The Labute approximate surface area is 114 Å². The molecule has 3 aliphatic heterocycles. The summed E-state index contributed by atoms with van der Waals surface area (Å²) in [7, 11) is 0. The normalized spacial score (nSPS) is 38.8. The van der Waals surface area contributed by atoms with Crippen LogP contribution in [0.3, 0.4) is 0 Å². The fraction of sp³-hybridized carbons (Fsp3) is 0.500. The summed E-state index contributed by atoms with van der Waals surface area (Å²) in [5.41, 5.74) is 1.99. The van der Waals surface area contributed by atoms with Gasteiger partial charge in [-0.1, -0.05) is 12.1 Å². The topological polar surface area (TPSA) is 65.7 Å². The molecule has 2 fully saturated rings. The zero-order valence-corrected chi connectivity index (χ0v) is 10.7. The molecule has 4 atom stereocenters. The van der Waals surface area contributed by atoms with Gasteiger partial charge in [-0.05, 0) is 12.1 Å². The predicted molar refractivity (Wildman–Crippen MR) is 67.7 cm³/mol. The molecule has 0 unspecified atom stereocenters. The van der Waals surface area contributed by atoms with Crippen LogP contribution >= 0.6 is 0 Å². The molecule has 5 rings (SSSR count). The summed E-state index contributed by atoms with van der Waals surface area (Å²) in [5.74, 6) is -0.539. The molecule has 2 aromatic rings. The van der Waals surface area contributed by atoms with Crippen molar-refractivity contribution >= 4 is 11.0 Å². The van der Waals surface area contributed by atoms with Gasteiger partial charge in [0.2, 0.25) is 12.1 Å². The van der Waals surface area contributed by atoms with Gasteiger partial charge in [0.1, 0.15) is 18.5 Å². The Hall–Kier alpha value is -1.47. The van der Waals surface area contributed by atoms with Crippen LogP contribution in [0.25, 0.3) is 11.0 Å². The number of hydrogen-bond donors (Lipinski definition) is 1. The first-order chi connectivity index (χ1) is 9.74. The summed E-state index contributed by atoms with van der Waals surface area (Å²) in [5, 5.41) is 10.6. The van der Waals surface area contributed by atoms with Crippen molar-refractivity contribution in [3.8, 4) is 0 Å². The molecule has 1 aromatic heterocycles. The highest BCUT2D eigenvalue weighted by atomic mass is 16.8. The van der Waals surface area contributed by atoms with E-state index >= 15 is 0 Å². The van der Waals surface area contributed by atoms with Crippen LogP contribution in [-0.2, 0) is 20.8 Å². The Morgan fingerprint density at radius 3 is 3.20 bits per heavy atom. The predicted octanol–water partition coefficient (Wildman–Crippen LogP) is 0.941. The van der Waals surface area contributed by atoms with Gasteiger partial charge in [-0.2, -0.15) is 0 Å². The van der Waals surface area contributed by atoms with E-state index in [9.17, 15) is 5.11 Å². The maximum atomic E-state index is 10.6. The van der Waals surface area contributed by atoms with E-state index in [2.05, 4.69) is 9.55 Å². The molecule has 20 heavy (non-hydrogen) atoms. The smallest absolute Gasteiger partial charge is 0.220 e. The summed E-state index contributed by atoms with van der Waals surface area (Å²) in [6.07, 6.45) is -0.270. The molecule has 0 saturated carbocycles. The van der Waals surface area contributed by atoms with E-state index in [0.717, 1.165) is 16.9 Å². The Bertz CT molecular complexity index is 700. The minimum Gasteiger partial charge on any atom is -0.361 e. The van der Waals surface area contributed by atoms with Gasteiger partial charge >= 0.3 is 0 Å². The van der Waals surface area contributed by atoms with Gasteiger partial charge in [0, 0.05) is 6.42 Å². The molecule has 0 aliphatic carbocycles. The van der Waals surface area contributed by atoms with Crippen molar-refractivity contribution < 1.29 is 19.3 Å². The first-order valence-corrected chi connectivity index (χ1v) is 6.84. The van der Waals surface area contributed by atoms with Crippen molar-refractivity contribution in [1.29, 1.82) is 0 Å². The van der Waals surface area contributed by atoms with E-state index in [1.807, 2.05) is 24.3 Å². The molecule has 104 valence electrons. The number of nitrogens with zero attached hydrogens (tertiary/aromatic N) is 2. The molecular formula is C14H14N2O4. The highest BCUT2D eigenvalue weighted by molar-refractivity contribution is 5.76. The van der Waals surface area contributed by atoms with E-state index in [1.165, 1.54) is 0 Å². The number of imidazole rings is 1. The molecular weight excluding hydrogens is 260 g/mol. The molecule has 6 nitrogen and oxygen atoms in total. The first kappa shape index (κ1) is 11.2. The fourth-order valence-electron chi connectivity index (χ4n) is 3.53. The van der Waals surface area contributed by atoms with E-state index in [1.54, 1.807) is 0 Å². The summed E-state index contributed by atoms with van der Waals surface area (Å²) < 4.78 is 19.1. The van der Waals surface area contributed by atoms with Crippen LogP contribution in [-0.4, -0.2) is 39.4 Å². The van der Waals surface area contributed by atoms with Crippen LogP contribution in [0.2, 0.25) is 0 Å². The standard InChI is InChI=1S/C14H14N2O4/c17-14-5-10(11-6-18-13(14)20-11)16-9-4-2-1-3-8(9)15-12(16)7-19-14/h1-4,10-11,13,17H,5-7H2/t10-,11+,13-,14+/m0/s1. The highest BCUT2D eigenvalue weighted by Crippen LogP contribution is 2.45. The molecule has 1 aromatic carbocycles. The minimum atomic E-state index is -1.38. The lowest BCUT2D eigenvalue weighted by atomic mass is 9.98. The summed E-state index contributed by atoms with van der Waals surface area (Å²) >= 11 is 0. The molecule has 1 N–H and O–H groups in total. The maximum absolute atomic E-state index is 10.6. The number of para-hydroxylation sites is 2. The van der Waals surface area contributed by atoms with Gasteiger partial charge in [0.25, 0.3) is 0 Å². The van der Waals surface area contributed by atoms with Gasteiger partial charge < -0.3 is 23.9 Å². The van der Waals surface area contributed by atoms with Gasteiger partial charge in [-0.3, -0.25) is 0 Å². The third kappa shape index (κ3) is 1.29. The molecule has 6 heteroatoms. The Balaban J connectivity index is 1.75. The third-order valence-electron chi connectivity index (χ3n) is 4.46. The van der Waals surface area contributed by atoms with Crippen LogP contribution < -0.4 is 0 Å². The van der Waals surface area contributed by atoms with E-state index < -0.39 is 12.1 Å². The molecule has 0 spiro atoms. The second-order valence-corrected chi connectivity index (χ2v) is 5.63. The fourth-order valence-corrected chi connectivity index (χ4v) is 3.53. The quantitative estimate of drug-likeness (QED) is 0.774. The Morgan fingerprint density at radius 2 is 2.25 bits per heavy atom. The molecule has 0 amide bonds. The summed E-state index contributed by atoms with van der Waals surface area (Å²) in [4.78, 5) is 4.62. The summed E-state index contributed by atoms with van der Waals surface area (Å²) in [6.45, 7) is 0.741. The van der Waals surface area contributed by atoms with Crippen molar-refractivity contribution in [2.45, 2.75) is 37.3 Å². The van der Waals surface area contributed by atoms with E-state index in [-0.39, 0.29) is 18.8 Å². The monoisotopic (exact) mass is 274 g/mol. The lowest BCUT2D eigenvalue weighted by molar-refractivity contribution is -0.334. The lowest BCUT2D eigenvalue weighted by Gasteiger charge is -2.38. The zero-order chi connectivity index (χ0) is 13.3. The minimum absolute atomic E-state index is 0.0105. The van der Waals surface area contributed by atoms with Crippen molar-refractivity contribution in [2.75, 3.05) is 6.61 Å². The van der Waals surface area contributed by atoms with Crippen molar-refractivity contribution in [3.63, 3.8) is 0 Å². The maximum Gasteiger partial charge on any atom is 0.220 e. The van der Waals surface area contributed by atoms with Crippen LogP contribution in [0.5, 0.6) is 0 Å². The molecule has 0 radical (unpaired) electrons. The number of ether oxygens (including phenoxy) is 3. The van der Waals surface area contributed by atoms with E-state index in [0.29, 0.717) is 13.0 Å². The second kappa shape index (κ2) is 3.59. The van der Waals surface area contributed by atoms with Crippen molar-refractivity contribution in [3.05, 3.63) is 30.1 Å². The van der Waals surface area contributed by atoms with Crippen molar-refractivity contribution in [2.24, 2.45) is 0 Å². The van der Waals surface area contributed by atoms with Gasteiger partial charge in [-0.15, -0.1) is 0 Å². The second-order valence-electron chi connectivity index (χ2n) is 5.63. The Kier molecular flexibility index (Phi) is 2.01. The average Bonchev–Trinajstić information content (AvgIpc) is 3.03. The van der Waals surface area contributed by atoms with Gasteiger partial charge in [0.05, 0.1) is 23.7 Å². The van der Waals surface area contributed by atoms with Crippen LogP contribution in [0.4, 0.5) is 0 Å². The van der Waals surface area contributed by atoms with Gasteiger partial charge in [-0.25, -0.2) is 4.98 Å². The molecule has 4 heterocycles.